The van der Waals surface area contributed by atoms with Crippen LogP contribution >= 0.6 is 11.3 Å². The van der Waals surface area contributed by atoms with Crippen molar-refractivity contribution < 1.29 is 9.18 Å². The van der Waals surface area contributed by atoms with Crippen LogP contribution in [0.4, 0.5) is 10.2 Å². The summed E-state index contributed by atoms with van der Waals surface area (Å²) in [4.78, 5) is 17.2. The summed E-state index contributed by atoms with van der Waals surface area (Å²) in [5.74, 6) is 0.438. The number of nitrogens with zero attached hydrogens (tertiary/aromatic N) is 1. The lowest BCUT2D eigenvalue weighted by atomic mass is 9.95. The number of piperidine rings is 1. The number of rotatable bonds is 4. The average Bonchev–Trinajstić information content (AvgIpc) is 3.09. The number of pyridine rings is 1. The number of anilines is 1. The SMILES string of the molecule is CC1CCNCC1Nc1ncc(C(N)=O)c2sc(-c3cccc(F)c3)cc12. The zero-order chi connectivity index (χ0) is 19.0. The van der Waals surface area contributed by atoms with Crippen LogP contribution in [0.5, 0.6) is 0 Å². The summed E-state index contributed by atoms with van der Waals surface area (Å²) in [5, 5.41) is 7.76. The Morgan fingerprint density at radius 1 is 1.41 bits per heavy atom. The molecule has 5 nitrogen and oxygen atoms in total. The van der Waals surface area contributed by atoms with Crippen LogP contribution in [0.1, 0.15) is 23.7 Å². The number of halogens is 1. The van der Waals surface area contributed by atoms with Gasteiger partial charge in [0.1, 0.15) is 11.6 Å². The second-order valence-electron chi connectivity index (χ2n) is 6.97. The van der Waals surface area contributed by atoms with E-state index in [0.717, 1.165) is 45.9 Å². The number of fused-ring (bicyclic) bond motifs is 1. The Balaban J connectivity index is 1.80. The lowest BCUT2D eigenvalue weighted by Gasteiger charge is -2.30. The molecule has 0 saturated carbocycles. The van der Waals surface area contributed by atoms with Crippen LogP contribution in [0.2, 0.25) is 0 Å². The first-order chi connectivity index (χ1) is 13.0. The molecule has 2 unspecified atom stereocenters. The minimum absolute atomic E-state index is 0.256. The van der Waals surface area contributed by atoms with E-state index in [1.54, 1.807) is 6.07 Å². The van der Waals surface area contributed by atoms with Crippen LogP contribution in [0, 0.1) is 11.7 Å². The number of carbonyl (C=O) groups is 1. The van der Waals surface area contributed by atoms with E-state index in [1.807, 2.05) is 12.1 Å². The molecule has 4 N–H and O–H groups in total. The Kier molecular flexibility index (Phi) is 4.80. The minimum atomic E-state index is -0.514. The highest BCUT2D eigenvalue weighted by Crippen LogP contribution is 2.38. The molecule has 7 heteroatoms. The first-order valence-corrected chi connectivity index (χ1v) is 9.80. The zero-order valence-electron chi connectivity index (χ0n) is 15.0. The van der Waals surface area contributed by atoms with Crippen molar-refractivity contribution >= 4 is 33.1 Å². The van der Waals surface area contributed by atoms with Gasteiger partial charge in [0.25, 0.3) is 5.91 Å². The predicted octanol–water partition coefficient (Wildman–Crippen LogP) is 3.61. The smallest absolute Gasteiger partial charge is 0.251 e. The molecule has 4 rings (SSSR count). The molecule has 140 valence electrons. The highest BCUT2D eigenvalue weighted by molar-refractivity contribution is 7.22. The van der Waals surface area contributed by atoms with Crippen molar-refractivity contribution in [1.29, 1.82) is 0 Å². The molecule has 1 aliphatic rings. The van der Waals surface area contributed by atoms with Crippen LogP contribution in [0.25, 0.3) is 20.5 Å². The molecule has 1 fully saturated rings. The maximum Gasteiger partial charge on any atom is 0.251 e. The first-order valence-electron chi connectivity index (χ1n) is 8.98. The van der Waals surface area contributed by atoms with Crippen LogP contribution < -0.4 is 16.4 Å². The van der Waals surface area contributed by atoms with Crippen molar-refractivity contribution in [1.82, 2.24) is 10.3 Å². The summed E-state index contributed by atoms with van der Waals surface area (Å²) in [6, 6.07) is 8.64. The Morgan fingerprint density at radius 2 is 2.26 bits per heavy atom. The number of benzene rings is 1. The van der Waals surface area contributed by atoms with Crippen molar-refractivity contribution in [3.05, 3.63) is 47.9 Å². The van der Waals surface area contributed by atoms with E-state index in [-0.39, 0.29) is 11.9 Å². The third kappa shape index (κ3) is 3.52. The largest absolute Gasteiger partial charge is 0.366 e. The fourth-order valence-corrected chi connectivity index (χ4v) is 4.63. The fraction of sp³-hybridized carbons (Fsp3) is 0.300. The van der Waals surface area contributed by atoms with Crippen LogP contribution in [-0.4, -0.2) is 30.0 Å². The summed E-state index contributed by atoms with van der Waals surface area (Å²) in [6.45, 7) is 4.10. The van der Waals surface area contributed by atoms with Gasteiger partial charge in [-0.1, -0.05) is 19.1 Å². The number of primary amides is 1. The van der Waals surface area contributed by atoms with Gasteiger partial charge >= 0.3 is 0 Å². The number of nitrogens with two attached hydrogens (primary N) is 1. The number of carbonyl (C=O) groups excluding carboxylic acids is 1. The van der Waals surface area contributed by atoms with Gasteiger partial charge in [-0.2, -0.15) is 0 Å². The monoisotopic (exact) mass is 384 g/mol. The van der Waals surface area contributed by atoms with E-state index in [1.165, 1.54) is 29.7 Å². The molecular formula is C20H21FN4OS. The van der Waals surface area contributed by atoms with E-state index in [4.69, 9.17) is 5.73 Å². The normalized spacial score (nSPS) is 19.9. The lowest BCUT2D eigenvalue weighted by Crippen LogP contribution is -2.44. The average molecular weight is 384 g/mol. The molecule has 0 bridgehead atoms. The van der Waals surface area contributed by atoms with Crippen molar-refractivity contribution in [3.8, 4) is 10.4 Å². The van der Waals surface area contributed by atoms with Crippen molar-refractivity contribution in [2.75, 3.05) is 18.4 Å². The number of nitrogens with one attached hydrogen (secondary N) is 2. The summed E-state index contributed by atoms with van der Waals surface area (Å²) in [6.07, 6.45) is 2.62. The third-order valence-electron chi connectivity index (χ3n) is 5.08. The molecule has 0 aliphatic carbocycles. The fourth-order valence-electron chi connectivity index (χ4n) is 3.46. The van der Waals surface area contributed by atoms with Crippen molar-refractivity contribution in [2.24, 2.45) is 11.7 Å². The second-order valence-corrected chi connectivity index (χ2v) is 8.02. The maximum absolute atomic E-state index is 13.6. The number of aromatic nitrogens is 1. The molecule has 2 aromatic heterocycles. The van der Waals surface area contributed by atoms with Gasteiger partial charge in [0.2, 0.25) is 0 Å². The van der Waals surface area contributed by atoms with Gasteiger partial charge in [0.15, 0.2) is 0 Å². The molecule has 1 aromatic carbocycles. The van der Waals surface area contributed by atoms with E-state index >= 15 is 0 Å². The molecular weight excluding hydrogens is 363 g/mol. The van der Waals surface area contributed by atoms with Crippen molar-refractivity contribution in [2.45, 2.75) is 19.4 Å². The molecule has 1 saturated heterocycles. The molecule has 0 spiro atoms. The standard InChI is InChI=1S/C20H21FN4OS/c1-11-5-6-23-10-16(11)25-20-14-8-17(12-3-2-4-13(21)7-12)27-18(14)15(9-24-20)19(22)26/h2-4,7-9,11,16,23H,5-6,10H2,1H3,(H2,22,26)(H,24,25). The Hall–Kier alpha value is -2.51. The van der Waals surface area contributed by atoms with Crippen LogP contribution in [-0.2, 0) is 0 Å². The third-order valence-corrected chi connectivity index (χ3v) is 6.30. The molecule has 3 heterocycles. The Morgan fingerprint density at radius 3 is 3.00 bits per heavy atom. The topological polar surface area (TPSA) is 80.0 Å². The second kappa shape index (κ2) is 7.25. The van der Waals surface area contributed by atoms with Crippen LogP contribution in [0.3, 0.4) is 0 Å². The van der Waals surface area contributed by atoms with Gasteiger partial charge in [0, 0.05) is 29.0 Å². The van der Waals surface area contributed by atoms with Gasteiger partial charge in [-0.25, -0.2) is 9.37 Å². The molecule has 1 aliphatic heterocycles. The van der Waals surface area contributed by atoms with E-state index in [0.29, 0.717) is 11.5 Å². The van der Waals surface area contributed by atoms with Gasteiger partial charge in [-0.05, 0) is 42.6 Å². The Bertz CT molecular complexity index is 1000. The highest BCUT2D eigenvalue weighted by atomic mass is 32.1. The summed E-state index contributed by atoms with van der Waals surface area (Å²) < 4.78 is 14.4. The molecule has 2 atom stereocenters. The molecule has 3 aromatic rings. The number of thiophene rings is 1. The van der Waals surface area contributed by atoms with Crippen molar-refractivity contribution in [3.63, 3.8) is 0 Å². The van der Waals surface area contributed by atoms with Gasteiger partial charge in [-0.15, -0.1) is 11.3 Å². The number of hydrogen-bond donors (Lipinski definition) is 3. The summed E-state index contributed by atoms with van der Waals surface area (Å²) >= 11 is 1.43. The maximum atomic E-state index is 13.6. The van der Waals surface area contributed by atoms with Gasteiger partial charge in [0.05, 0.1) is 10.3 Å². The van der Waals surface area contributed by atoms with E-state index < -0.39 is 5.91 Å². The quantitative estimate of drug-likeness (QED) is 0.642. The molecule has 0 radical (unpaired) electrons. The summed E-state index contributed by atoms with van der Waals surface area (Å²) in [7, 11) is 0. The predicted molar refractivity (Wildman–Crippen MR) is 108 cm³/mol. The molecule has 27 heavy (non-hydrogen) atoms. The number of amides is 1. The Labute approximate surface area is 160 Å². The van der Waals surface area contributed by atoms with Gasteiger partial charge in [-0.3, -0.25) is 4.79 Å². The van der Waals surface area contributed by atoms with Gasteiger partial charge < -0.3 is 16.4 Å². The van der Waals surface area contributed by atoms with E-state index in [9.17, 15) is 9.18 Å². The van der Waals surface area contributed by atoms with Crippen LogP contribution in [0.15, 0.2) is 36.5 Å². The highest BCUT2D eigenvalue weighted by Gasteiger charge is 2.23. The minimum Gasteiger partial charge on any atom is -0.366 e. The molecule has 1 amide bonds. The van der Waals surface area contributed by atoms with E-state index in [2.05, 4.69) is 22.5 Å². The first kappa shape index (κ1) is 17.9. The lowest BCUT2D eigenvalue weighted by molar-refractivity contribution is 0.100. The summed E-state index contributed by atoms with van der Waals surface area (Å²) in [5.41, 5.74) is 6.70. The number of hydrogen-bond acceptors (Lipinski definition) is 5. The zero-order valence-corrected chi connectivity index (χ0v) is 15.8.